The molecule has 21 heavy (non-hydrogen) atoms. The standard InChI is InChI=1S/C15H18N2O2S2/c1-18-13-5-2-4-12(10-13)17-15(20)16-7-9-21-11-14-6-3-8-19-14/h2-6,8,10H,7,9,11H2,1H3,(H2,16,17,20). The number of thioether (sulfide) groups is 1. The van der Waals surface area contributed by atoms with Gasteiger partial charge in [0.05, 0.1) is 19.1 Å². The third kappa shape index (κ3) is 5.69. The van der Waals surface area contributed by atoms with Crippen molar-refractivity contribution in [3.63, 3.8) is 0 Å². The lowest BCUT2D eigenvalue weighted by atomic mass is 10.3. The normalized spacial score (nSPS) is 10.1. The molecule has 4 nitrogen and oxygen atoms in total. The summed E-state index contributed by atoms with van der Waals surface area (Å²) in [5.41, 5.74) is 0.912. The van der Waals surface area contributed by atoms with E-state index in [9.17, 15) is 0 Å². The zero-order valence-corrected chi connectivity index (χ0v) is 13.4. The van der Waals surface area contributed by atoms with Crippen molar-refractivity contribution in [2.45, 2.75) is 5.75 Å². The van der Waals surface area contributed by atoms with Crippen molar-refractivity contribution in [2.75, 3.05) is 24.7 Å². The van der Waals surface area contributed by atoms with Crippen molar-refractivity contribution in [1.29, 1.82) is 0 Å². The van der Waals surface area contributed by atoms with Crippen LogP contribution in [0.5, 0.6) is 5.75 Å². The highest BCUT2D eigenvalue weighted by atomic mass is 32.2. The number of anilines is 1. The van der Waals surface area contributed by atoms with E-state index in [-0.39, 0.29) is 0 Å². The molecule has 0 aliphatic carbocycles. The molecule has 0 saturated carbocycles. The summed E-state index contributed by atoms with van der Waals surface area (Å²) in [6.07, 6.45) is 1.70. The minimum absolute atomic E-state index is 0.613. The molecule has 0 amide bonds. The van der Waals surface area contributed by atoms with Gasteiger partial charge in [-0.1, -0.05) is 6.07 Å². The van der Waals surface area contributed by atoms with E-state index in [1.807, 2.05) is 36.4 Å². The average molecular weight is 322 g/mol. The first kappa shape index (κ1) is 15.7. The number of furan rings is 1. The van der Waals surface area contributed by atoms with Crippen LogP contribution < -0.4 is 15.4 Å². The van der Waals surface area contributed by atoms with Gasteiger partial charge in [0.2, 0.25) is 0 Å². The van der Waals surface area contributed by atoms with E-state index in [0.29, 0.717) is 5.11 Å². The van der Waals surface area contributed by atoms with E-state index >= 15 is 0 Å². The van der Waals surface area contributed by atoms with Gasteiger partial charge < -0.3 is 19.8 Å². The van der Waals surface area contributed by atoms with Gasteiger partial charge in [-0.05, 0) is 36.5 Å². The molecule has 1 heterocycles. The van der Waals surface area contributed by atoms with Crippen molar-refractivity contribution in [3.8, 4) is 5.75 Å². The van der Waals surface area contributed by atoms with Crippen LogP contribution in [0.15, 0.2) is 47.1 Å². The zero-order valence-electron chi connectivity index (χ0n) is 11.8. The van der Waals surface area contributed by atoms with Crippen molar-refractivity contribution in [2.24, 2.45) is 0 Å². The maximum atomic E-state index is 5.27. The molecule has 1 aromatic heterocycles. The number of nitrogens with one attached hydrogen (secondary N) is 2. The predicted molar refractivity (Wildman–Crippen MR) is 92.1 cm³/mol. The second kappa shape index (κ2) is 8.59. The summed E-state index contributed by atoms with van der Waals surface area (Å²) in [6.45, 7) is 0.807. The van der Waals surface area contributed by atoms with Crippen LogP contribution >= 0.6 is 24.0 Å². The molecule has 0 aliphatic rings. The Kier molecular flexibility index (Phi) is 6.43. The third-order valence-electron chi connectivity index (χ3n) is 2.68. The van der Waals surface area contributed by atoms with E-state index in [0.717, 1.165) is 35.2 Å². The first-order valence-electron chi connectivity index (χ1n) is 6.57. The van der Waals surface area contributed by atoms with Gasteiger partial charge in [0, 0.05) is 24.1 Å². The molecule has 2 rings (SSSR count). The second-order valence-corrected chi connectivity index (χ2v) is 5.76. The second-order valence-electron chi connectivity index (χ2n) is 4.24. The fraction of sp³-hybridized carbons (Fsp3) is 0.267. The lowest BCUT2D eigenvalue weighted by molar-refractivity contribution is 0.415. The van der Waals surface area contributed by atoms with Gasteiger partial charge in [0.15, 0.2) is 5.11 Å². The first-order chi connectivity index (χ1) is 10.3. The number of methoxy groups -OCH3 is 1. The van der Waals surface area contributed by atoms with E-state index in [2.05, 4.69) is 10.6 Å². The molecule has 0 fully saturated rings. The van der Waals surface area contributed by atoms with Gasteiger partial charge in [0.1, 0.15) is 11.5 Å². The molecule has 2 N–H and O–H groups in total. The molecule has 0 bridgehead atoms. The van der Waals surface area contributed by atoms with Crippen LogP contribution in [0.2, 0.25) is 0 Å². The SMILES string of the molecule is COc1cccc(NC(=S)NCCSCc2ccco2)c1. The number of hydrogen-bond donors (Lipinski definition) is 2. The Balaban J connectivity index is 1.63. The molecule has 0 unspecified atom stereocenters. The smallest absolute Gasteiger partial charge is 0.170 e. The minimum atomic E-state index is 0.613. The van der Waals surface area contributed by atoms with E-state index in [1.54, 1.807) is 25.1 Å². The van der Waals surface area contributed by atoms with Crippen LogP contribution in [0.4, 0.5) is 5.69 Å². The van der Waals surface area contributed by atoms with Gasteiger partial charge in [-0.15, -0.1) is 0 Å². The number of hydrogen-bond acceptors (Lipinski definition) is 4. The van der Waals surface area contributed by atoms with Crippen LogP contribution in [-0.4, -0.2) is 24.5 Å². The molecule has 0 spiro atoms. The molecule has 2 aromatic rings. The van der Waals surface area contributed by atoms with Crippen LogP contribution in [0.3, 0.4) is 0 Å². The average Bonchev–Trinajstić information content (AvgIpc) is 3.00. The molecule has 1 aromatic carbocycles. The molecule has 0 aliphatic heterocycles. The summed E-state index contributed by atoms with van der Waals surface area (Å²) >= 11 is 7.06. The summed E-state index contributed by atoms with van der Waals surface area (Å²) in [7, 11) is 1.64. The Bertz CT molecular complexity index is 559. The van der Waals surface area contributed by atoms with E-state index in [1.165, 1.54) is 0 Å². The summed E-state index contributed by atoms with van der Waals surface area (Å²) in [5, 5.41) is 6.92. The van der Waals surface area contributed by atoms with Crippen molar-refractivity contribution in [1.82, 2.24) is 5.32 Å². The lowest BCUT2D eigenvalue weighted by Gasteiger charge is -2.11. The summed E-state index contributed by atoms with van der Waals surface area (Å²) < 4.78 is 10.4. The first-order valence-corrected chi connectivity index (χ1v) is 8.13. The van der Waals surface area contributed by atoms with Crippen molar-refractivity contribution in [3.05, 3.63) is 48.4 Å². The van der Waals surface area contributed by atoms with E-state index in [4.69, 9.17) is 21.4 Å². The van der Waals surface area contributed by atoms with Crippen LogP contribution in [0, 0.1) is 0 Å². The van der Waals surface area contributed by atoms with Crippen LogP contribution in [0.25, 0.3) is 0 Å². The zero-order chi connectivity index (χ0) is 14.9. The Hall–Kier alpha value is -1.66. The minimum Gasteiger partial charge on any atom is -0.497 e. The number of benzene rings is 1. The Morgan fingerprint density at radius 3 is 3.00 bits per heavy atom. The largest absolute Gasteiger partial charge is 0.497 e. The quantitative estimate of drug-likeness (QED) is 0.601. The monoisotopic (exact) mass is 322 g/mol. The number of ether oxygens (including phenoxy) is 1. The molecular weight excluding hydrogens is 304 g/mol. The fourth-order valence-corrected chi connectivity index (χ4v) is 2.66. The van der Waals surface area contributed by atoms with Gasteiger partial charge >= 0.3 is 0 Å². The van der Waals surface area contributed by atoms with Crippen molar-refractivity contribution < 1.29 is 9.15 Å². The van der Waals surface area contributed by atoms with Crippen molar-refractivity contribution >= 4 is 34.8 Å². The summed E-state index contributed by atoms with van der Waals surface area (Å²) in [5.74, 6) is 3.64. The Morgan fingerprint density at radius 2 is 2.24 bits per heavy atom. The van der Waals surface area contributed by atoms with Crippen LogP contribution in [0.1, 0.15) is 5.76 Å². The molecule has 0 atom stereocenters. The lowest BCUT2D eigenvalue weighted by Crippen LogP contribution is -2.30. The highest BCUT2D eigenvalue weighted by Gasteiger charge is 2.00. The molecule has 6 heteroatoms. The summed E-state index contributed by atoms with van der Waals surface area (Å²) in [6, 6.07) is 11.6. The highest BCUT2D eigenvalue weighted by molar-refractivity contribution is 7.98. The predicted octanol–water partition coefficient (Wildman–Crippen LogP) is 3.51. The molecule has 0 saturated heterocycles. The van der Waals surface area contributed by atoms with Crippen LogP contribution in [-0.2, 0) is 5.75 Å². The number of rotatable bonds is 7. The topological polar surface area (TPSA) is 46.4 Å². The maximum absolute atomic E-state index is 5.27. The highest BCUT2D eigenvalue weighted by Crippen LogP contribution is 2.16. The third-order valence-corrected chi connectivity index (χ3v) is 3.91. The fourth-order valence-electron chi connectivity index (χ4n) is 1.68. The molecular formula is C15H18N2O2S2. The molecule has 0 radical (unpaired) electrons. The summed E-state index contributed by atoms with van der Waals surface area (Å²) in [4.78, 5) is 0. The van der Waals surface area contributed by atoms with Gasteiger partial charge in [-0.3, -0.25) is 0 Å². The van der Waals surface area contributed by atoms with Gasteiger partial charge in [0.25, 0.3) is 0 Å². The number of thiocarbonyl (C=S) groups is 1. The van der Waals surface area contributed by atoms with Gasteiger partial charge in [-0.25, -0.2) is 0 Å². The maximum Gasteiger partial charge on any atom is 0.170 e. The van der Waals surface area contributed by atoms with Gasteiger partial charge in [-0.2, -0.15) is 11.8 Å². The Labute approximate surface area is 134 Å². The van der Waals surface area contributed by atoms with E-state index < -0.39 is 0 Å². The molecule has 112 valence electrons. The Morgan fingerprint density at radius 1 is 1.33 bits per heavy atom.